The van der Waals surface area contributed by atoms with Gasteiger partial charge in [0, 0.05) is 24.8 Å². The van der Waals surface area contributed by atoms with Gasteiger partial charge in [0.05, 0.1) is 11.4 Å². The van der Waals surface area contributed by atoms with Crippen molar-refractivity contribution in [2.75, 3.05) is 18.2 Å². The van der Waals surface area contributed by atoms with E-state index >= 15 is 0 Å². The number of ether oxygens (including phenoxy) is 1. The van der Waals surface area contributed by atoms with E-state index in [4.69, 9.17) is 9.26 Å². The van der Waals surface area contributed by atoms with Crippen molar-refractivity contribution in [3.05, 3.63) is 36.0 Å². The number of aromatic nitrogens is 2. The molecule has 10 heteroatoms. The number of methoxy groups -OCH3 is 1. The Bertz CT molecular complexity index is 737. The van der Waals surface area contributed by atoms with Crippen molar-refractivity contribution in [1.29, 1.82) is 0 Å². The maximum absolute atomic E-state index is 12.4. The number of halogens is 3. The maximum atomic E-state index is 12.4. The number of nitrogens with one attached hydrogen (secondary N) is 1. The van der Waals surface area contributed by atoms with Gasteiger partial charge in [-0.1, -0.05) is 17.3 Å². The number of carbonyl (C=O) groups excluding carboxylic acids is 1. The molecule has 0 saturated carbocycles. The zero-order valence-electron chi connectivity index (χ0n) is 14.2. The minimum Gasteiger partial charge on any atom is -0.374 e. The molecule has 0 aliphatic carbocycles. The molecule has 0 spiro atoms. The zero-order valence-corrected chi connectivity index (χ0v) is 15.0. The molecule has 0 saturated heterocycles. The summed E-state index contributed by atoms with van der Waals surface area (Å²) in [5.74, 6) is -0.706. The highest BCUT2D eigenvalue weighted by molar-refractivity contribution is 7.99. The molecule has 0 fully saturated rings. The third-order valence-electron chi connectivity index (χ3n) is 3.32. The number of carbonyl (C=O) groups is 1. The van der Waals surface area contributed by atoms with Crippen molar-refractivity contribution in [2.24, 2.45) is 0 Å². The fraction of sp³-hybridized carbons (Fsp3) is 0.438. The van der Waals surface area contributed by atoms with Crippen LogP contribution in [0.15, 0.2) is 33.7 Å². The summed E-state index contributed by atoms with van der Waals surface area (Å²) >= 11 is 0.625. The number of nitrogens with zero attached hydrogens (tertiary/aromatic N) is 2. The van der Waals surface area contributed by atoms with E-state index in [2.05, 4.69) is 15.5 Å². The Balaban J connectivity index is 1.90. The number of aryl methyl sites for hydroxylation is 1. The molecule has 6 nitrogen and oxygen atoms in total. The molecule has 0 radical (unpaired) electrons. The summed E-state index contributed by atoms with van der Waals surface area (Å²) in [5.41, 5.74) is 0.339. The summed E-state index contributed by atoms with van der Waals surface area (Å²) in [7, 11) is 1.52. The number of anilines is 1. The van der Waals surface area contributed by atoms with Crippen molar-refractivity contribution in [3.8, 4) is 0 Å². The van der Waals surface area contributed by atoms with Crippen LogP contribution in [0.4, 0.5) is 18.9 Å². The Labute approximate surface area is 152 Å². The number of benzene rings is 1. The lowest BCUT2D eigenvalue weighted by atomic mass is 10.2. The molecule has 2 aromatic rings. The fourth-order valence-corrected chi connectivity index (χ4v) is 2.70. The summed E-state index contributed by atoms with van der Waals surface area (Å²) < 4.78 is 47.3. The topological polar surface area (TPSA) is 77.2 Å². The van der Waals surface area contributed by atoms with Gasteiger partial charge in [-0.2, -0.15) is 18.2 Å². The lowest BCUT2D eigenvalue weighted by molar-refractivity contribution is -0.116. The van der Waals surface area contributed by atoms with E-state index in [9.17, 15) is 18.0 Å². The van der Waals surface area contributed by atoms with Gasteiger partial charge in [0.1, 0.15) is 6.10 Å². The lowest BCUT2D eigenvalue weighted by Gasteiger charge is -2.11. The van der Waals surface area contributed by atoms with Crippen LogP contribution in [-0.4, -0.2) is 35.1 Å². The Morgan fingerprint density at radius 1 is 1.38 bits per heavy atom. The Morgan fingerprint density at radius 3 is 2.81 bits per heavy atom. The predicted octanol–water partition coefficient (Wildman–Crippen LogP) is 4.00. The standard InChI is InChI=1S/C16H18F3N3O3S/c1-10(24-2)15-21-14(25-22-15)8-7-13(23)20-11-5-3-4-6-12(11)26-9-16(17,18)19/h3-6,10H,7-9H2,1-2H3,(H,20,23). The molecule has 1 atom stereocenters. The van der Waals surface area contributed by atoms with Crippen molar-refractivity contribution in [3.63, 3.8) is 0 Å². The molecular formula is C16H18F3N3O3S. The maximum Gasteiger partial charge on any atom is 0.398 e. The second kappa shape index (κ2) is 9.04. The monoisotopic (exact) mass is 389 g/mol. The van der Waals surface area contributed by atoms with Crippen molar-refractivity contribution in [1.82, 2.24) is 10.1 Å². The van der Waals surface area contributed by atoms with Gasteiger partial charge in [0.2, 0.25) is 11.8 Å². The average molecular weight is 389 g/mol. The second-order valence-electron chi connectivity index (χ2n) is 5.37. The lowest BCUT2D eigenvalue weighted by Crippen LogP contribution is -2.14. The number of hydrogen-bond donors (Lipinski definition) is 1. The average Bonchev–Trinajstić information content (AvgIpc) is 3.07. The molecule has 1 heterocycles. The van der Waals surface area contributed by atoms with Crippen molar-refractivity contribution >= 4 is 23.4 Å². The predicted molar refractivity (Wildman–Crippen MR) is 89.9 cm³/mol. The van der Waals surface area contributed by atoms with E-state index < -0.39 is 11.9 Å². The first-order valence-electron chi connectivity index (χ1n) is 7.72. The summed E-state index contributed by atoms with van der Waals surface area (Å²) in [5, 5.41) is 6.37. The number of rotatable bonds is 8. The van der Waals surface area contributed by atoms with Gasteiger partial charge < -0.3 is 14.6 Å². The van der Waals surface area contributed by atoms with Gasteiger partial charge in [0.25, 0.3) is 0 Å². The van der Waals surface area contributed by atoms with E-state index in [0.29, 0.717) is 34.1 Å². The van der Waals surface area contributed by atoms with Gasteiger partial charge in [-0.15, -0.1) is 11.8 Å². The number of amides is 1. The molecule has 1 aromatic carbocycles. The van der Waals surface area contributed by atoms with Crippen LogP contribution in [0.25, 0.3) is 0 Å². The molecule has 1 aromatic heterocycles. The van der Waals surface area contributed by atoms with Gasteiger partial charge in [0.15, 0.2) is 5.82 Å². The van der Waals surface area contributed by atoms with Gasteiger partial charge in [-0.25, -0.2) is 0 Å². The first kappa shape index (κ1) is 20.2. The van der Waals surface area contributed by atoms with Crippen LogP contribution in [0.2, 0.25) is 0 Å². The van der Waals surface area contributed by atoms with Crippen LogP contribution in [-0.2, 0) is 16.0 Å². The number of alkyl halides is 3. The molecule has 1 amide bonds. The molecule has 26 heavy (non-hydrogen) atoms. The van der Waals surface area contributed by atoms with Crippen LogP contribution < -0.4 is 5.32 Å². The molecule has 0 aliphatic rings. The summed E-state index contributed by atoms with van der Waals surface area (Å²) in [6, 6.07) is 6.35. The highest BCUT2D eigenvalue weighted by Gasteiger charge is 2.27. The van der Waals surface area contributed by atoms with Gasteiger partial charge >= 0.3 is 6.18 Å². The summed E-state index contributed by atoms with van der Waals surface area (Å²) in [4.78, 5) is 16.6. The highest BCUT2D eigenvalue weighted by Crippen LogP contribution is 2.32. The van der Waals surface area contributed by atoms with Crippen molar-refractivity contribution in [2.45, 2.75) is 36.9 Å². The van der Waals surface area contributed by atoms with Crippen LogP contribution in [0.1, 0.15) is 31.2 Å². The van der Waals surface area contributed by atoms with E-state index in [1.807, 2.05) is 0 Å². The zero-order chi connectivity index (χ0) is 19.2. The normalized spacial score (nSPS) is 12.8. The molecule has 1 N–H and O–H groups in total. The van der Waals surface area contributed by atoms with E-state index in [0.717, 1.165) is 0 Å². The fourth-order valence-electron chi connectivity index (χ4n) is 1.93. The number of hydrogen-bond acceptors (Lipinski definition) is 6. The smallest absolute Gasteiger partial charge is 0.374 e. The van der Waals surface area contributed by atoms with Crippen LogP contribution >= 0.6 is 11.8 Å². The van der Waals surface area contributed by atoms with Crippen molar-refractivity contribution < 1.29 is 27.2 Å². The van der Waals surface area contributed by atoms with Gasteiger partial charge in [-0.05, 0) is 19.1 Å². The SMILES string of the molecule is COC(C)c1noc(CCC(=O)Nc2ccccc2SCC(F)(F)F)n1. The van der Waals surface area contributed by atoms with E-state index in [1.165, 1.54) is 13.2 Å². The van der Waals surface area contributed by atoms with Crippen LogP contribution in [0.5, 0.6) is 0 Å². The minimum atomic E-state index is -4.28. The van der Waals surface area contributed by atoms with E-state index in [-0.39, 0.29) is 24.9 Å². The number of para-hydroxylation sites is 1. The molecule has 1 unspecified atom stereocenters. The quantitative estimate of drug-likeness (QED) is 0.688. The first-order valence-corrected chi connectivity index (χ1v) is 8.70. The largest absolute Gasteiger partial charge is 0.398 e. The molecule has 2 rings (SSSR count). The number of thioether (sulfide) groups is 1. The minimum absolute atomic E-state index is 0.0568. The second-order valence-corrected chi connectivity index (χ2v) is 6.39. The first-order chi connectivity index (χ1) is 12.3. The Kier molecular flexibility index (Phi) is 7.04. The molecule has 0 aliphatic heterocycles. The van der Waals surface area contributed by atoms with Crippen LogP contribution in [0, 0.1) is 0 Å². The third-order valence-corrected chi connectivity index (χ3v) is 4.46. The Hall–Kier alpha value is -2.07. The summed E-state index contributed by atoms with van der Waals surface area (Å²) in [6.07, 6.45) is -4.33. The summed E-state index contributed by atoms with van der Waals surface area (Å²) in [6.45, 7) is 1.76. The van der Waals surface area contributed by atoms with Crippen LogP contribution in [0.3, 0.4) is 0 Å². The third kappa shape index (κ3) is 6.34. The molecule has 0 bridgehead atoms. The molecule has 142 valence electrons. The Morgan fingerprint density at radius 2 is 2.12 bits per heavy atom. The van der Waals surface area contributed by atoms with Gasteiger partial charge in [-0.3, -0.25) is 4.79 Å². The van der Waals surface area contributed by atoms with E-state index in [1.54, 1.807) is 25.1 Å². The molecular weight excluding hydrogens is 371 g/mol. The highest BCUT2D eigenvalue weighted by atomic mass is 32.2.